The smallest absolute Gasteiger partial charge is 0.163 e. The maximum absolute atomic E-state index is 11.4. The highest BCUT2D eigenvalue weighted by Crippen LogP contribution is 2.33. The zero-order valence-electron chi connectivity index (χ0n) is 9.48. The zero-order valence-corrected chi connectivity index (χ0v) is 10.2. The summed E-state index contributed by atoms with van der Waals surface area (Å²) in [6.07, 6.45) is 0.801. The van der Waals surface area contributed by atoms with Crippen LogP contribution in [-0.2, 0) is 6.42 Å². The summed E-state index contributed by atoms with van der Waals surface area (Å²) in [5.74, 6) is 0.635. The van der Waals surface area contributed by atoms with Gasteiger partial charge in [0.25, 0.3) is 0 Å². The molecule has 0 spiro atoms. The lowest BCUT2D eigenvalue weighted by Crippen LogP contribution is -2.03. The summed E-state index contributed by atoms with van der Waals surface area (Å²) in [7, 11) is 1.58. The number of methoxy groups -OCH3 is 1. The number of benzene rings is 1. The lowest BCUT2D eigenvalue weighted by atomic mass is 9.99. The molecule has 0 bridgehead atoms. The average molecular weight is 227 g/mol. The molecule has 0 aliphatic heterocycles. The molecule has 2 nitrogen and oxygen atoms in total. The Morgan fingerprint density at radius 3 is 2.53 bits per heavy atom. The third-order valence-electron chi connectivity index (χ3n) is 2.54. The van der Waals surface area contributed by atoms with E-state index in [0.717, 1.165) is 17.5 Å². The predicted molar refractivity (Wildman–Crippen MR) is 62.1 cm³/mol. The molecule has 0 aromatic heterocycles. The molecule has 1 aromatic carbocycles. The van der Waals surface area contributed by atoms with Crippen molar-refractivity contribution in [2.75, 3.05) is 7.11 Å². The molecule has 0 aliphatic rings. The summed E-state index contributed by atoms with van der Waals surface area (Å²) >= 11 is 6.06. The van der Waals surface area contributed by atoms with Crippen molar-refractivity contribution < 1.29 is 9.53 Å². The average Bonchev–Trinajstić information content (AvgIpc) is 2.20. The highest BCUT2D eigenvalue weighted by atomic mass is 35.5. The summed E-state index contributed by atoms with van der Waals surface area (Å²) in [6, 6.07) is 1.68. The maximum atomic E-state index is 11.4. The van der Waals surface area contributed by atoms with Crippen LogP contribution in [0.1, 0.15) is 35.3 Å². The standard InChI is InChI=1S/C12H15ClO2/c1-5-9-7(2)11(13)6-10(8(3)14)12(9)15-4/h6H,5H2,1-4H3. The monoisotopic (exact) mass is 226 g/mol. The normalized spacial score (nSPS) is 10.2. The SMILES string of the molecule is CCc1c(C)c(Cl)cc(C(C)=O)c1OC. The van der Waals surface area contributed by atoms with E-state index in [1.54, 1.807) is 13.2 Å². The Kier molecular flexibility index (Phi) is 3.75. The number of hydrogen-bond acceptors (Lipinski definition) is 2. The van der Waals surface area contributed by atoms with E-state index in [2.05, 4.69) is 0 Å². The lowest BCUT2D eigenvalue weighted by Gasteiger charge is -2.14. The number of ether oxygens (including phenoxy) is 1. The quantitative estimate of drug-likeness (QED) is 0.739. The van der Waals surface area contributed by atoms with Gasteiger partial charge in [0.1, 0.15) is 5.75 Å². The summed E-state index contributed by atoms with van der Waals surface area (Å²) in [6.45, 7) is 5.47. The minimum absolute atomic E-state index is 0.0246. The highest BCUT2D eigenvalue weighted by molar-refractivity contribution is 6.32. The number of hydrogen-bond donors (Lipinski definition) is 0. The Morgan fingerprint density at radius 2 is 2.13 bits per heavy atom. The van der Waals surface area contributed by atoms with Crippen molar-refractivity contribution in [3.05, 3.63) is 27.8 Å². The van der Waals surface area contributed by atoms with Gasteiger partial charge in [0.05, 0.1) is 12.7 Å². The molecular weight excluding hydrogens is 212 g/mol. The van der Waals surface area contributed by atoms with E-state index in [4.69, 9.17) is 16.3 Å². The molecule has 0 heterocycles. The Bertz CT molecular complexity index is 397. The van der Waals surface area contributed by atoms with Gasteiger partial charge >= 0.3 is 0 Å². The van der Waals surface area contributed by atoms with Gasteiger partial charge in [-0.2, -0.15) is 0 Å². The van der Waals surface area contributed by atoms with Crippen molar-refractivity contribution in [2.45, 2.75) is 27.2 Å². The second-order valence-corrected chi connectivity index (χ2v) is 3.86. The molecule has 0 N–H and O–H groups in total. The molecule has 0 saturated carbocycles. The van der Waals surface area contributed by atoms with E-state index in [1.165, 1.54) is 6.92 Å². The van der Waals surface area contributed by atoms with E-state index < -0.39 is 0 Å². The number of halogens is 1. The van der Waals surface area contributed by atoms with Gasteiger partial charge in [0.2, 0.25) is 0 Å². The van der Waals surface area contributed by atoms with Crippen molar-refractivity contribution in [3.8, 4) is 5.75 Å². The van der Waals surface area contributed by atoms with Gasteiger partial charge in [-0.25, -0.2) is 0 Å². The van der Waals surface area contributed by atoms with Gasteiger partial charge < -0.3 is 4.74 Å². The van der Waals surface area contributed by atoms with E-state index >= 15 is 0 Å². The van der Waals surface area contributed by atoms with E-state index in [1.807, 2.05) is 13.8 Å². The molecule has 1 rings (SSSR count). The minimum Gasteiger partial charge on any atom is -0.496 e. The number of carbonyl (C=O) groups excluding carboxylic acids is 1. The van der Waals surface area contributed by atoms with Crippen LogP contribution < -0.4 is 4.74 Å². The molecule has 1 aromatic rings. The third-order valence-corrected chi connectivity index (χ3v) is 2.93. The maximum Gasteiger partial charge on any atom is 0.163 e. The van der Waals surface area contributed by atoms with Gasteiger partial charge in [0, 0.05) is 5.02 Å². The van der Waals surface area contributed by atoms with Crippen LogP contribution in [-0.4, -0.2) is 12.9 Å². The highest BCUT2D eigenvalue weighted by Gasteiger charge is 2.16. The summed E-state index contributed by atoms with van der Waals surface area (Å²) in [5.41, 5.74) is 2.56. The first kappa shape index (κ1) is 12.1. The fraction of sp³-hybridized carbons (Fsp3) is 0.417. The van der Waals surface area contributed by atoms with Crippen molar-refractivity contribution in [1.82, 2.24) is 0 Å². The van der Waals surface area contributed by atoms with Crippen molar-refractivity contribution >= 4 is 17.4 Å². The van der Waals surface area contributed by atoms with Crippen LogP contribution in [0.3, 0.4) is 0 Å². The number of carbonyl (C=O) groups is 1. The van der Waals surface area contributed by atoms with Gasteiger partial charge in [0.15, 0.2) is 5.78 Å². The molecule has 0 radical (unpaired) electrons. The molecular formula is C12H15ClO2. The molecule has 0 fully saturated rings. The number of Topliss-reactive ketones (excluding diaryl/α,β-unsaturated/α-hetero) is 1. The molecule has 0 unspecified atom stereocenters. The molecule has 0 saturated heterocycles. The molecule has 15 heavy (non-hydrogen) atoms. The first-order valence-electron chi connectivity index (χ1n) is 4.89. The van der Waals surface area contributed by atoms with E-state index in [9.17, 15) is 4.79 Å². The summed E-state index contributed by atoms with van der Waals surface area (Å²) in [5, 5.41) is 0.623. The fourth-order valence-corrected chi connectivity index (χ4v) is 1.92. The zero-order chi connectivity index (χ0) is 11.6. The summed E-state index contributed by atoms with van der Waals surface area (Å²) in [4.78, 5) is 11.4. The van der Waals surface area contributed by atoms with Gasteiger partial charge in [-0.15, -0.1) is 0 Å². The molecule has 0 aliphatic carbocycles. The Labute approximate surface area is 95.2 Å². The van der Waals surface area contributed by atoms with E-state index in [0.29, 0.717) is 16.3 Å². The topological polar surface area (TPSA) is 26.3 Å². The fourth-order valence-electron chi connectivity index (χ4n) is 1.70. The molecule has 3 heteroatoms. The lowest BCUT2D eigenvalue weighted by molar-refractivity contribution is 0.101. The first-order chi connectivity index (χ1) is 7.02. The second-order valence-electron chi connectivity index (χ2n) is 3.45. The van der Waals surface area contributed by atoms with E-state index in [-0.39, 0.29) is 5.78 Å². The van der Waals surface area contributed by atoms with Crippen LogP contribution >= 0.6 is 11.6 Å². The van der Waals surface area contributed by atoms with Crippen LogP contribution in [0, 0.1) is 6.92 Å². The Balaban J connectivity index is 3.54. The molecule has 0 atom stereocenters. The van der Waals surface area contributed by atoms with Gasteiger partial charge in [-0.3, -0.25) is 4.79 Å². The van der Waals surface area contributed by atoms with Crippen LogP contribution in [0.4, 0.5) is 0 Å². The number of ketones is 1. The minimum atomic E-state index is -0.0246. The van der Waals surface area contributed by atoms with Crippen molar-refractivity contribution in [1.29, 1.82) is 0 Å². The molecule has 0 amide bonds. The second kappa shape index (κ2) is 4.67. The summed E-state index contributed by atoms with van der Waals surface area (Å²) < 4.78 is 5.29. The predicted octanol–water partition coefficient (Wildman–Crippen LogP) is 3.42. The van der Waals surface area contributed by atoms with Crippen LogP contribution in [0.5, 0.6) is 5.75 Å². The van der Waals surface area contributed by atoms with Crippen molar-refractivity contribution in [3.63, 3.8) is 0 Å². The van der Waals surface area contributed by atoms with Gasteiger partial charge in [-0.05, 0) is 37.5 Å². The van der Waals surface area contributed by atoms with Crippen molar-refractivity contribution in [2.24, 2.45) is 0 Å². The Hall–Kier alpha value is -1.02. The first-order valence-corrected chi connectivity index (χ1v) is 5.27. The Morgan fingerprint density at radius 1 is 1.53 bits per heavy atom. The number of rotatable bonds is 3. The van der Waals surface area contributed by atoms with Crippen LogP contribution in [0.25, 0.3) is 0 Å². The third kappa shape index (κ3) is 2.15. The van der Waals surface area contributed by atoms with Crippen LogP contribution in [0.2, 0.25) is 5.02 Å². The largest absolute Gasteiger partial charge is 0.496 e. The van der Waals surface area contributed by atoms with Crippen LogP contribution in [0.15, 0.2) is 6.07 Å². The molecule has 82 valence electrons. The van der Waals surface area contributed by atoms with Gasteiger partial charge in [-0.1, -0.05) is 18.5 Å².